The van der Waals surface area contributed by atoms with Crippen LogP contribution in [0.25, 0.3) is 0 Å². The van der Waals surface area contributed by atoms with Crippen LogP contribution < -0.4 is 0 Å². The van der Waals surface area contributed by atoms with Crippen LogP contribution in [-0.2, 0) is 0 Å². The minimum Gasteiger partial charge on any atom is -0.411 e. The predicted octanol–water partition coefficient (Wildman–Crippen LogP) is 5.26. The van der Waals surface area contributed by atoms with Crippen LogP contribution in [-0.4, -0.2) is 20.9 Å². The maximum atomic E-state index is 9.67. The summed E-state index contributed by atoms with van der Waals surface area (Å²) >= 11 is 3.49. The highest BCUT2D eigenvalue weighted by molar-refractivity contribution is 9.10. The van der Waals surface area contributed by atoms with Crippen molar-refractivity contribution in [1.29, 1.82) is 0 Å². The zero-order chi connectivity index (χ0) is 18.5. The Bertz CT molecular complexity index is 923. The third kappa shape index (κ3) is 4.17. The molecule has 5 heteroatoms. The van der Waals surface area contributed by atoms with Crippen LogP contribution in [0.2, 0.25) is 0 Å². The molecule has 1 unspecified atom stereocenters. The molecule has 1 atom stereocenters. The molecule has 0 spiro atoms. The zero-order valence-corrected chi connectivity index (χ0v) is 16.3. The Hall–Kier alpha value is -2.53. The van der Waals surface area contributed by atoms with Crippen molar-refractivity contribution < 1.29 is 5.21 Å². The summed E-state index contributed by atoms with van der Waals surface area (Å²) in [5.74, 6) is -0.0105. The molecule has 0 aliphatic rings. The monoisotopic (exact) mass is 409 g/mol. The summed E-state index contributed by atoms with van der Waals surface area (Å²) in [5, 5.41) is 13.3. The minimum absolute atomic E-state index is 0.0105. The van der Waals surface area contributed by atoms with Crippen molar-refractivity contribution in [3.63, 3.8) is 0 Å². The van der Waals surface area contributed by atoms with Gasteiger partial charge in [0.05, 0.1) is 11.4 Å². The van der Waals surface area contributed by atoms with E-state index in [1.165, 1.54) is 0 Å². The largest absolute Gasteiger partial charge is 0.411 e. The molecule has 0 bridgehead atoms. The summed E-state index contributed by atoms with van der Waals surface area (Å²) in [7, 11) is 0. The topological polar surface area (TPSA) is 58.4 Å². The van der Waals surface area contributed by atoms with Crippen molar-refractivity contribution in [3.05, 3.63) is 93.5 Å². The van der Waals surface area contributed by atoms with E-state index in [-0.39, 0.29) is 5.92 Å². The number of pyridine rings is 2. The maximum absolute atomic E-state index is 9.67. The molecule has 0 saturated carbocycles. The summed E-state index contributed by atoms with van der Waals surface area (Å²) in [5.41, 5.74) is 5.61. The number of aromatic nitrogens is 2. The van der Waals surface area contributed by atoms with E-state index in [0.29, 0.717) is 12.1 Å². The second-order valence-electron chi connectivity index (χ2n) is 6.25. The molecule has 1 aromatic carbocycles. The first kappa shape index (κ1) is 18.3. The SMILES string of the molecule is Cc1cc(/C(CC(c2ccc(Br)cc2)c2ncccc2C)=N/O)ccn1. The van der Waals surface area contributed by atoms with E-state index in [0.717, 1.165) is 32.6 Å². The van der Waals surface area contributed by atoms with Gasteiger partial charge in [-0.05, 0) is 55.3 Å². The van der Waals surface area contributed by atoms with Gasteiger partial charge in [-0.25, -0.2) is 0 Å². The van der Waals surface area contributed by atoms with Gasteiger partial charge in [-0.1, -0.05) is 39.3 Å². The molecule has 4 nitrogen and oxygen atoms in total. The van der Waals surface area contributed by atoms with Crippen molar-refractivity contribution in [2.75, 3.05) is 0 Å². The van der Waals surface area contributed by atoms with Crippen LogP contribution in [0.3, 0.4) is 0 Å². The van der Waals surface area contributed by atoms with Gasteiger partial charge in [0.25, 0.3) is 0 Å². The van der Waals surface area contributed by atoms with Crippen LogP contribution in [0.5, 0.6) is 0 Å². The van der Waals surface area contributed by atoms with Crippen molar-refractivity contribution in [2.24, 2.45) is 5.16 Å². The molecular formula is C21H20BrN3O. The molecule has 26 heavy (non-hydrogen) atoms. The standard InChI is InChI=1S/C21H20BrN3O/c1-14-4-3-10-24-21(14)19(16-5-7-18(22)8-6-16)13-20(25-26)17-9-11-23-15(2)12-17/h3-12,19,26H,13H2,1-2H3/b25-20+. The molecule has 0 saturated heterocycles. The third-order valence-corrected chi connectivity index (χ3v) is 4.93. The van der Waals surface area contributed by atoms with Crippen LogP contribution in [0.15, 0.2) is 70.6 Å². The van der Waals surface area contributed by atoms with Gasteiger partial charge in [-0.2, -0.15) is 0 Å². The van der Waals surface area contributed by atoms with Gasteiger partial charge in [0.1, 0.15) is 0 Å². The summed E-state index contributed by atoms with van der Waals surface area (Å²) < 4.78 is 1.03. The molecule has 0 radical (unpaired) electrons. The van der Waals surface area contributed by atoms with E-state index in [1.54, 1.807) is 12.4 Å². The molecule has 3 rings (SSSR count). The van der Waals surface area contributed by atoms with Crippen molar-refractivity contribution >= 4 is 21.6 Å². The number of hydrogen-bond acceptors (Lipinski definition) is 4. The third-order valence-electron chi connectivity index (χ3n) is 4.40. The predicted molar refractivity (Wildman–Crippen MR) is 107 cm³/mol. The summed E-state index contributed by atoms with van der Waals surface area (Å²) in [6.07, 6.45) is 4.08. The fourth-order valence-electron chi connectivity index (χ4n) is 3.07. The number of benzene rings is 1. The fraction of sp³-hybridized carbons (Fsp3) is 0.190. The van der Waals surface area contributed by atoms with Gasteiger partial charge >= 0.3 is 0 Å². The van der Waals surface area contributed by atoms with Gasteiger partial charge in [0, 0.05) is 40.5 Å². The Morgan fingerprint density at radius 2 is 1.85 bits per heavy atom. The Morgan fingerprint density at radius 1 is 1.08 bits per heavy atom. The van der Waals surface area contributed by atoms with E-state index in [1.807, 2.05) is 37.3 Å². The highest BCUT2D eigenvalue weighted by Gasteiger charge is 2.21. The van der Waals surface area contributed by atoms with E-state index >= 15 is 0 Å². The van der Waals surface area contributed by atoms with Crippen molar-refractivity contribution in [3.8, 4) is 0 Å². The van der Waals surface area contributed by atoms with Gasteiger partial charge < -0.3 is 5.21 Å². The smallest absolute Gasteiger partial charge is 0.0879 e. The molecule has 0 aliphatic heterocycles. The lowest BCUT2D eigenvalue weighted by atomic mass is 9.86. The van der Waals surface area contributed by atoms with Crippen LogP contribution in [0.4, 0.5) is 0 Å². The lowest BCUT2D eigenvalue weighted by Crippen LogP contribution is -2.13. The molecular weight excluding hydrogens is 390 g/mol. The Kier molecular flexibility index (Phi) is 5.78. The highest BCUT2D eigenvalue weighted by Crippen LogP contribution is 2.31. The normalized spacial score (nSPS) is 12.8. The fourth-order valence-corrected chi connectivity index (χ4v) is 3.33. The van der Waals surface area contributed by atoms with Crippen molar-refractivity contribution in [1.82, 2.24) is 9.97 Å². The zero-order valence-electron chi connectivity index (χ0n) is 14.7. The van der Waals surface area contributed by atoms with Crippen molar-refractivity contribution in [2.45, 2.75) is 26.2 Å². The maximum Gasteiger partial charge on any atom is 0.0879 e. The number of nitrogens with zero attached hydrogens (tertiary/aromatic N) is 3. The van der Waals surface area contributed by atoms with Crippen LogP contribution in [0.1, 0.15) is 40.4 Å². The lowest BCUT2D eigenvalue weighted by Gasteiger charge is -2.20. The second kappa shape index (κ2) is 8.23. The number of aryl methyl sites for hydroxylation is 2. The molecule has 0 amide bonds. The summed E-state index contributed by atoms with van der Waals surface area (Å²) in [6, 6.07) is 16.0. The van der Waals surface area contributed by atoms with Gasteiger partial charge in [0.15, 0.2) is 0 Å². The lowest BCUT2D eigenvalue weighted by molar-refractivity contribution is 0.317. The van der Waals surface area contributed by atoms with E-state index in [9.17, 15) is 5.21 Å². The Morgan fingerprint density at radius 3 is 2.50 bits per heavy atom. The number of hydrogen-bond donors (Lipinski definition) is 1. The molecule has 2 heterocycles. The first-order valence-electron chi connectivity index (χ1n) is 8.39. The quantitative estimate of drug-likeness (QED) is 0.355. The summed E-state index contributed by atoms with van der Waals surface area (Å²) in [4.78, 5) is 8.84. The molecule has 2 aromatic heterocycles. The van der Waals surface area contributed by atoms with Crippen LogP contribution >= 0.6 is 15.9 Å². The molecule has 1 N–H and O–H groups in total. The first-order valence-corrected chi connectivity index (χ1v) is 9.18. The minimum atomic E-state index is -0.0105. The number of rotatable bonds is 5. The Labute approximate surface area is 161 Å². The van der Waals surface area contributed by atoms with Gasteiger partial charge in [-0.3, -0.25) is 9.97 Å². The summed E-state index contributed by atoms with van der Waals surface area (Å²) in [6.45, 7) is 3.98. The Balaban J connectivity index is 2.03. The van der Waals surface area contributed by atoms with E-state index in [2.05, 4.69) is 56.2 Å². The first-order chi connectivity index (χ1) is 12.6. The van der Waals surface area contributed by atoms with Gasteiger partial charge in [-0.15, -0.1) is 0 Å². The highest BCUT2D eigenvalue weighted by atomic mass is 79.9. The molecule has 0 aliphatic carbocycles. The molecule has 132 valence electrons. The van der Waals surface area contributed by atoms with Crippen LogP contribution in [0, 0.1) is 13.8 Å². The molecule has 3 aromatic rings. The average Bonchev–Trinajstić information content (AvgIpc) is 2.65. The second-order valence-corrected chi connectivity index (χ2v) is 7.16. The van der Waals surface area contributed by atoms with E-state index < -0.39 is 0 Å². The van der Waals surface area contributed by atoms with E-state index in [4.69, 9.17) is 0 Å². The molecule has 0 fully saturated rings. The number of oxime groups is 1. The van der Waals surface area contributed by atoms with Gasteiger partial charge in [0.2, 0.25) is 0 Å². The number of halogens is 1. The average molecular weight is 410 g/mol.